The Hall–Kier alpha value is -2.80. The lowest BCUT2D eigenvalue weighted by atomic mass is 10.2. The maximum Gasteiger partial charge on any atom is 0.297 e. The molecule has 1 heterocycles. The van der Waals surface area contributed by atoms with Gasteiger partial charge in [-0.25, -0.2) is 0 Å². The summed E-state index contributed by atoms with van der Waals surface area (Å²) < 4.78 is 6.89. The summed E-state index contributed by atoms with van der Waals surface area (Å²) in [7, 11) is 1.65. The van der Waals surface area contributed by atoms with Crippen molar-refractivity contribution in [2.45, 2.75) is 44.3 Å². The molecule has 2 aromatic carbocycles. The van der Waals surface area contributed by atoms with Crippen LogP contribution in [0.15, 0.2) is 64.5 Å². The van der Waals surface area contributed by atoms with Crippen molar-refractivity contribution in [3.8, 4) is 5.75 Å². The van der Waals surface area contributed by atoms with Gasteiger partial charge in [0.25, 0.3) is 5.56 Å². The predicted molar refractivity (Wildman–Crippen MR) is 118 cm³/mol. The molecule has 0 atom stereocenters. The Morgan fingerprint density at radius 2 is 1.76 bits per heavy atom. The number of nitrogens with zero attached hydrogens (tertiary/aromatic N) is 4. The van der Waals surface area contributed by atoms with Crippen LogP contribution in [-0.2, 0) is 12.3 Å². The molecule has 29 heavy (non-hydrogen) atoms. The predicted octanol–water partition coefficient (Wildman–Crippen LogP) is 4.51. The van der Waals surface area contributed by atoms with Gasteiger partial charge in [0.15, 0.2) is 5.16 Å². The van der Waals surface area contributed by atoms with Crippen LogP contribution in [0.4, 0.5) is 11.5 Å². The molecule has 0 spiro atoms. The number of ether oxygens (including phenoxy) is 1. The van der Waals surface area contributed by atoms with Gasteiger partial charge < -0.3 is 9.64 Å². The second kappa shape index (κ2) is 9.60. The van der Waals surface area contributed by atoms with Gasteiger partial charge in [-0.15, -0.1) is 10.2 Å². The van der Waals surface area contributed by atoms with Gasteiger partial charge in [0.05, 0.1) is 7.11 Å². The van der Waals surface area contributed by atoms with Gasteiger partial charge in [-0.05, 0) is 50.6 Å². The molecule has 0 saturated heterocycles. The number of para-hydroxylation sites is 1. The molecule has 6 nitrogen and oxygen atoms in total. The van der Waals surface area contributed by atoms with E-state index in [1.165, 1.54) is 11.8 Å². The number of thioether (sulfide) groups is 1. The van der Waals surface area contributed by atoms with Crippen LogP contribution in [0.1, 0.15) is 26.3 Å². The summed E-state index contributed by atoms with van der Waals surface area (Å²) in [6, 6.07) is 17.8. The van der Waals surface area contributed by atoms with Crippen LogP contribution in [-0.4, -0.2) is 27.9 Å². The first-order valence-corrected chi connectivity index (χ1v) is 10.6. The number of hydrogen-bond acceptors (Lipinski definition) is 6. The topological polar surface area (TPSA) is 60.2 Å². The third-order valence-electron chi connectivity index (χ3n) is 4.52. The number of anilines is 2. The number of methoxy groups -OCH3 is 1. The van der Waals surface area contributed by atoms with Crippen molar-refractivity contribution in [3.63, 3.8) is 0 Å². The lowest BCUT2D eigenvalue weighted by molar-refractivity contribution is 0.414. The first-order valence-electron chi connectivity index (χ1n) is 9.62. The molecule has 0 N–H and O–H groups in total. The van der Waals surface area contributed by atoms with Crippen molar-refractivity contribution in [1.29, 1.82) is 0 Å². The summed E-state index contributed by atoms with van der Waals surface area (Å²) in [5.74, 6) is 1.87. The Bertz CT molecular complexity index is 988. The molecule has 0 aliphatic rings. The largest absolute Gasteiger partial charge is 0.497 e. The molecule has 0 bridgehead atoms. The van der Waals surface area contributed by atoms with Gasteiger partial charge in [-0.1, -0.05) is 42.1 Å². The van der Waals surface area contributed by atoms with Crippen LogP contribution in [0.3, 0.4) is 0 Å². The van der Waals surface area contributed by atoms with E-state index in [0.717, 1.165) is 17.0 Å². The number of benzene rings is 2. The zero-order valence-electron chi connectivity index (χ0n) is 17.2. The minimum absolute atomic E-state index is 0.0718. The van der Waals surface area contributed by atoms with Crippen LogP contribution < -0.4 is 15.2 Å². The standard InChI is InChI=1S/C22H26N4O2S/c1-5-25-21(27)20(26(16(2)3)18-9-7-6-8-10-18)23-24-22(25)29-15-17-11-13-19(28-4)14-12-17/h6-14,16H,5,15H2,1-4H3. The molecule has 0 unspecified atom stereocenters. The molecular formula is C22H26N4O2S. The van der Waals surface area contributed by atoms with Gasteiger partial charge in [-0.3, -0.25) is 9.36 Å². The minimum atomic E-state index is -0.128. The summed E-state index contributed by atoms with van der Waals surface area (Å²) in [4.78, 5) is 15.2. The Morgan fingerprint density at radius 1 is 1.07 bits per heavy atom. The van der Waals surface area contributed by atoms with Gasteiger partial charge in [-0.2, -0.15) is 0 Å². The normalized spacial score (nSPS) is 10.9. The van der Waals surface area contributed by atoms with E-state index in [9.17, 15) is 4.79 Å². The second-order valence-corrected chi connectivity index (χ2v) is 7.73. The number of hydrogen-bond donors (Lipinski definition) is 0. The first kappa shape index (κ1) is 20.9. The van der Waals surface area contributed by atoms with E-state index >= 15 is 0 Å². The molecule has 3 rings (SSSR count). The fraction of sp³-hybridized carbons (Fsp3) is 0.318. The summed E-state index contributed by atoms with van der Waals surface area (Å²) in [6.45, 7) is 6.56. The Balaban J connectivity index is 1.89. The molecule has 0 radical (unpaired) electrons. The lowest BCUT2D eigenvalue weighted by Crippen LogP contribution is -2.35. The second-order valence-electron chi connectivity index (χ2n) is 6.79. The fourth-order valence-corrected chi connectivity index (χ4v) is 4.01. The molecule has 0 amide bonds. The van der Waals surface area contributed by atoms with Crippen molar-refractivity contribution >= 4 is 23.3 Å². The average Bonchev–Trinajstić information content (AvgIpc) is 2.74. The smallest absolute Gasteiger partial charge is 0.297 e. The zero-order chi connectivity index (χ0) is 20.8. The van der Waals surface area contributed by atoms with Crippen LogP contribution in [0.25, 0.3) is 0 Å². The third kappa shape index (κ3) is 4.79. The van der Waals surface area contributed by atoms with Crippen LogP contribution >= 0.6 is 11.8 Å². The van der Waals surface area contributed by atoms with E-state index in [0.29, 0.717) is 23.3 Å². The van der Waals surface area contributed by atoms with E-state index in [1.807, 2.05) is 80.3 Å². The highest BCUT2D eigenvalue weighted by Gasteiger charge is 2.21. The summed E-state index contributed by atoms with van der Waals surface area (Å²) in [5, 5.41) is 9.34. The highest BCUT2D eigenvalue weighted by atomic mass is 32.2. The summed E-state index contributed by atoms with van der Waals surface area (Å²) in [6.07, 6.45) is 0. The van der Waals surface area contributed by atoms with E-state index < -0.39 is 0 Å². The van der Waals surface area contributed by atoms with E-state index in [4.69, 9.17) is 4.74 Å². The highest BCUT2D eigenvalue weighted by Crippen LogP contribution is 2.25. The molecule has 3 aromatic rings. The minimum Gasteiger partial charge on any atom is -0.497 e. The molecule has 7 heteroatoms. The molecule has 152 valence electrons. The van der Waals surface area contributed by atoms with Crippen LogP contribution in [0, 0.1) is 0 Å². The molecular weight excluding hydrogens is 384 g/mol. The third-order valence-corrected chi connectivity index (χ3v) is 5.56. The Kier molecular flexibility index (Phi) is 6.93. The van der Waals surface area contributed by atoms with Crippen molar-refractivity contribution in [2.24, 2.45) is 0 Å². The molecule has 0 saturated carbocycles. The van der Waals surface area contributed by atoms with Gasteiger partial charge in [0.1, 0.15) is 5.75 Å². The van der Waals surface area contributed by atoms with Gasteiger partial charge in [0.2, 0.25) is 5.82 Å². The number of rotatable bonds is 8. The first-order chi connectivity index (χ1) is 14.0. The zero-order valence-corrected chi connectivity index (χ0v) is 18.0. The molecule has 0 aliphatic carbocycles. The van der Waals surface area contributed by atoms with Crippen molar-refractivity contribution in [3.05, 3.63) is 70.5 Å². The maximum atomic E-state index is 13.2. The van der Waals surface area contributed by atoms with Crippen LogP contribution in [0.2, 0.25) is 0 Å². The summed E-state index contributed by atoms with van der Waals surface area (Å²) in [5.41, 5.74) is 1.93. The van der Waals surface area contributed by atoms with Crippen molar-refractivity contribution in [1.82, 2.24) is 14.8 Å². The van der Waals surface area contributed by atoms with E-state index in [2.05, 4.69) is 10.2 Å². The van der Waals surface area contributed by atoms with Gasteiger partial charge >= 0.3 is 0 Å². The summed E-state index contributed by atoms with van der Waals surface area (Å²) >= 11 is 1.51. The quantitative estimate of drug-likeness (QED) is 0.510. The molecule has 0 aliphatic heterocycles. The van der Waals surface area contributed by atoms with E-state index in [-0.39, 0.29) is 11.6 Å². The monoisotopic (exact) mass is 410 g/mol. The van der Waals surface area contributed by atoms with Crippen molar-refractivity contribution < 1.29 is 4.74 Å². The van der Waals surface area contributed by atoms with Crippen molar-refractivity contribution in [2.75, 3.05) is 12.0 Å². The Labute approximate surface area is 175 Å². The lowest BCUT2D eigenvalue weighted by Gasteiger charge is -2.27. The fourth-order valence-electron chi connectivity index (χ4n) is 3.05. The number of aromatic nitrogens is 3. The Morgan fingerprint density at radius 3 is 2.34 bits per heavy atom. The van der Waals surface area contributed by atoms with Crippen LogP contribution in [0.5, 0.6) is 5.75 Å². The highest BCUT2D eigenvalue weighted by molar-refractivity contribution is 7.98. The average molecular weight is 411 g/mol. The maximum absolute atomic E-state index is 13.2. The SMILES string of the molecule is CCn1c(SCc2ccc(OC)cc2)nnc(N(c2ccccc2)C(C)C)c1=O. The molecule has 1 aromatic heterocycles. The van der Waals surface area contributed by atoms with Gasteiger partial charge in [0, 0.05) is 24.0 Å². The molecule has 0 fully saturated rings. The van der Waals surface area contributed by atoms with E-state index in [1.54, 1.807) is 11.7 Å².